The molecule has 0 radical (unpaired) electrons. The van der Waals surface area contributed by atoms with E-state index in [0.29, 0.717) is 11.8 Å². The summed E-state index contributed by atoms with van der Waals surface area (Å²) in [5.74, 6) is 1.68. The minimum Gasteiger partial charge on any atom is -0.496 e. The highest BCUT2D eigenvalue weighted by molar-refractivity contribution is 7.21. The van der Waals surface area contributed by atoms with E-state index in [-0.39, 0.29) is 38.5 Å². The summed E-state index contributed by atoms with van der Waals surface area (Å²) in [5, 5.41) is 3.22. The molecule has 206 valence electrons. The van der Waals surface area contributed by atoms with Crippen LogP contribution in [0.15, 0.2) is 54.6 Å². The van der Waals surface area contributed by atoms with Gasteiger partial charge in [-0.3, -0.25) is 4.79 Å². The molecule has 0 bridgehead atoms. The van der Waals surface area contributed by atoms with Crippen molar-refractivity contribution in [3.8, 4) is 29.2 Å². The van der Waals surface area contributed by atoms with Crippen LogP contribution in [-0.2, 0) is 6.54 Å². The maximum Gasteiger partial charge on any atom is 0.266 e. The molecule has 1 heterocycles. The van der Waals surface area contributed by atoms with Gasteiger partial charge in [-0.2, -0.15) is 0 Å². The summed E-state index contributed by atoms with van der Waals surface area (Å²) < 4.78 is 35.0. The summed E-state index contributed by atoms with van der Waals surface area (Å²) in [6, 6.07) is 16.0. The van der Waals surface area contributed by atoms with Gasteiger partial charge in [0.05, 0.1) is 22.2 Å². The van der Waals surface area contributed by atoms with Crippen molar-refractivity contribution in [3.05, 3.63) is 87.3 Å². The number of nitrogens with one attached hydrogen (secondary N) is 1. The lowest BCUT2D eigenvalue weighted by atomic mass is 9.89. The highest BCUT2D eigenvalue weighted by Crippen LogP contribution is 2.40. The molecule has 8 heteroatoms. The average molecular weight is 579 g/mol. The number of carbonyl (C=O) groups excluding carboxylic acids is 1. The van der Waals surface area contributed by atoms with Gasteiger partial charge in [0.2, 0.25) is 0 Å². The summed E-state index contributed by atoms with van der Waals surface area (Å²) in [6.45, 7) is 0.253. The smallest absolute Gasteiger partial charge is 0.266 e. The van der Waals surface area contributed by atoms with E-state index < -0.39 is 11.6 Å². The van der Waals surface area contributed by atoms with Gasteiger partial charge in [-0.05, 0) is 80.3 Å². The maximum absolute atomic E-state index is 14.6. The van der Waals surface area contributed by atoms with Crippen LogP contribution >= 0.6 is 22.9 Å². The van der Waals surface area contributed by atoms with Crippen molar-refractivity contribution in [1.82, 2.24) is 10.2 Å². The normalized spacial score (nSPS) is 17.0. The van der Waals surface area contributed by atoms with Crippen LogP contribution in [0.4, 0.5) is 8.78 Å². The Labute approximate surface area is 241 Å². The topological polar surface area (TPSA) is 41.6 Å². The predicted octanol–water partition coefficient (Wildman–Crippen LogP) is 7.66. The minimum atomic E-state index is -0.650. The molecule has 40 heavy (non-hydrogen) atoms. The number of thiophene rings is 1. The Morgan fingerprint density at radius 2 is 1.75 bits per heavy atom. The fourth-order valence-electron chi connectivity index (χ4n) is 5.43. The Morgan fingerprint density at radius 1 is 1.07 bits per heavy atom. The second kappa shape index (κ2) is 12.0. The number of fused-ring (bicyclic) bond motifs is 1. The van der Waals surface area contributed by atoms with Gasteiger partial charge in [0.15, 0.2) is 0 Å². The summed E-state index contributed by atoms with van der Waals surface area (Å²) in [4.78, 5) is 16.1. The second-order valence-corrected chi connectivity index (χ2v) is 11.4. The molecule has 1 N–H and O–H groups in total. The van der Waals surface area contributed by atoms with Crippen LogP contribution in [0, 0.1) is 24.0 Å². The number of rotatable bonds is 7. The molecular formula is C32H29ClF2N2O2S. The fraction of sp³-hybridized carbons (Fsp3) is 0.281. The van der Waals surface area contributed by atoms with Gasteiger partial charge in [-0.1, -0.05) is 35.7 Å². The maximum atomic E-state index is 14.6. The van der Waals surface area contributed by atoms with E-state index in [1.807, 2.05) is 49.5 Å². The SMILES string of the molecule is C#Cc1ccc(-c2ccc(OC)c(CN(C(=O)c3sc4c(F)ccc(F)c4c3Cl)[C@H]3CC[C@H](NC)CC3)c2)cc1. The number of halogens is 3. The van der Waals surface area contributed by atoms with Crippen molar-refractivity contribution >= 4 is 38.9 Å². The zero-order valence-corrected chi connectivity index (χ0v) is 23.8. The lowest BCUT2D eigenvalue weighted by Crippen LogP contribution is -2.44. The molecule has 3 aromatic carbocycles. The first-order valence-corrected chi connectivity index (χ1v) is 14.3. The highest BCUT2D eigenvalue weighted by Gasteiger charge is 2.33. The molecule has 1 aliphatic rings. The first kappa shape index (κ1) is 28.1. The molecule has 5 rings (SSSR count). The Bertz CT molecular complexity index is 1590. The molecule has 1 aromatic heterocycles. The third-order valence-corrected chi connectivity index (χ3v) is 9.36. The van der Waals surface area contributed by atoms with Gasteiger partial charge in [-0.15, -0.1) is 17.8 Å². The summed E-state index contributed by atoms with van der Waals surface area (Å²) in [5.41, 5.74) is 3.54. The van der Waals surface area contributed by atoms with E-state index >= 15 is 0 Å². The van der Waals surface area contributed by atoms with Crippen molar-refractivity contribution in [2.75, 3.05) is 14.2 Å². The number of carbonyl (C=O) groups is 1. The van der Waals surface area contributed by atoms with Crippen LogP contribution in [0.1, 0.15) is 46.5 Å². The largest absolute Gasteiger partial charge is 0.496 e. The van der Waals surface area contributed by atoms with Crippen LogP contribution in [-0.4, -0.2) is 37.0 Å². The summed E-state index contributed by atoms with van der Waals surface area (Å²) >= 11 is 7.45. The van der Waals surface area contributed by atoms with E-state index in [0.717, 1.165) is 71.4 Å². The number of hydrogen-bond donors (Lipinski definition) is 1. The number of hydrogen-bond acceptors (Lipinski definition) is 4. The average Bonchev–Trinajstić information content (AvgIpc) is 3.35. The number of amides is 1. The van der Waals surface area contributed by atoms with Crippen LogP contribution in [0.2, 0.25) is 5.02 Å². The van der Waals surface area contributed by atoms with Gasteiger partial charge in [0.1, 0.15) is 22.3 Å². The molecule has 0 saturated heterocycles. The number of nitrogens with zero attached hydrogens (tertiary/aromatic N) is 1. The van der Waals surface area contributed by atoms with Crippen molar-refractivity contribution < 1.29 is 18.3 Å². The van der Waals surface area contributed by atoms with Gasteiger partial charge in [-0.25, -0.2) is 8.78 Å². The predicted molar refractivity (Wildman–Crippen MR) is 158 cm³/mol. The van der Waals surface area contributed by atoms with E-state index in [1.165, 1.54) is 0 Å². The van der Waals surface area contributed by atoms with E-state index in [4.69, 9.17) is 22.8 Å². The monoisotopic (exact) mass is 578 g/mol. The van der Waals surface area contributed by atoms with Crippen LogP contribution in [0.25, 0.3) is 21.2 Å². The second-order valence-electron chi connectivity index (χ2n) is 9.95. The van der Waals surface area contributed by atoms with Gasteiger partial charge < -0.3 is 15.0 Å². The van der Waals surface area contributed by atoms with E-state index in [1.54, 1.807) is 12.0 Å². The van der Waals surface area contributed by atoms with E-state index in [2.05, 4.69) is 11.2 Å². The number of benzene rings is 3. The minimum absolute atomic E-state index is 0.0437. The molecular weight excluding hydrogens is 550 g/mol. The summed E-state index contributed by atoms with van der Waals surface area (Å²) in [6.07, 6.45) is 8.91. The van der Waals surface area contributed by atoms with Crippen molar-refractivity contribution in [2.24, 2.45) is 0 Å². The molecule has 1 fully saturated rings. The molecule has 0 aliphatic heterocycles. The molecule has 1 amide bonds. The fourth-order valence-corrected chi connectivity index (χ4v) is 6.94. The molecule has 4 nitrogen and oxygen atoms in total. The zero-order valence-electron chi connectivity index (χ0n) is 22.3. The lowest BCUT2D eigenvalue weighted by molar-refractivity contribution is 0.0604. The van der Waals surface area contributed by atoms with Crippen LogP contribution in [0.3, 0.4) is 0 Å². The Balaban J connectivity index is 1.55. The molecule has 0 unspecified atom stereocenters. The molecule has 4 aromatic rings. The number of ether oxygens (including phenoxy) is 1. The van der Waals surface area contributed by atoms with Crippen LogP contribution in [0.5, 0.6) is 5.75 Å². The Hall–Kier alpha value is -3.44. The van der Waals surface area contributed by atoms with Crippen LogP contribution < -0.4 is 10.1 Å². The number of terminal acetylenes is 1. The van der Waals surface area contributed by atoms with E-state index in [9.17, 15) is 13.6 Å². The number of methoxy groups -OCH3 is 1. The Kier molecular flexibility index (Phi) is 8.41. The quantitative estimate of drug-likeness (QED) is 0.229. The standard InChI is InChI=1S/C32H29ClF2N2O2S/c1-4-19-5-7-20(8-6-19)21-9-16-27(39-3)22(17-21)18-37(24-12-10-23(36-2)11-13-24)32(38)31-29(33)28-25(34)14-15-26(35)30(28)40-31/h1,5-9,14-17,23-24,36H,10-13,18H2,2-3H3/t23-,24-. The molecule has 1 saturated carbocycles. The van der Waals surface area contributed by atoms with Gasteiger partial charge in [0, 0.05) is 29.8 Å². The molecule has 0 atom stereocenters. The van der Waals surface area contributed by atoms with Crippen molar-refractivity contribution in [3.63, 3.8) is 0 Å². The third kappa shape index (κ3) is 5.44. The zero-order chi connectivity index (χ0) is 28.4. The van der Waals surface area contributed by atoms with Gasteiger partial charge in [0.25, 0.3) is 5.91 Å². The first-order chi connectivity index (χ1) is 19.3. The first-order valence-electron chi connectivity index (χ1n) is 13.1. The third-order valence-electron chi connectivity index (χ3n) is 7.69. The summed E-state index contributed by atoms with van der Waals surface area (Å²) in [7, 11) is 3.54. The molecule has 0 spiro atoms. The van der Waals surface area contributed by atoms with Crippen molar-refractivity contribution in [2.45, 2.75) is 44.3 Å². The van der Waals surface area contributed by atoms with Crippen molar-refractivity contribution in [1.29, 1.82) is 0 Å². The molecule has 1 aliphatic carbocycles. The highest BCUT2D eigenvalue weighted by atomic mass is 35.5. The Morgan fingerprint density at radius 3 is 2.38 bits per heavy atom. The van der Waals surface area contributed by atoms with Gasteiger partial charge >= 0.3 is 0 Å². The lowest BCUT2D eigenvalue weighted by Gasteiger charge is -2.37.